The molecule has 0 aliphatic carbocycles. The average Bonchev–Trinajstić information content (AvgIpc) is 2.90. The highest BCUT2D eigenvalue weighted by molar-refractivity contribution is 5.90. The van der Waals surface area contributed by atoms with Crippen LogP contribution in [0.4, 0.5) is 13.2 Å². The number of aryl methyl sites for hydroxylation is 1. The SMILES string of the molecule is Cc1cc(F)c([C@@H]2CNC(=O)C2CC(=O)Cc2ccc(F)cc2)c(F)c1. The molecule has 3 nitrogen and oxygen atoms in total. The van der Waals surface area contributed by atoms with Crippen molar-refractivity contribution in [1.29, 1.82) is 0 Å². The zero-order valence-corrected chi connectivity index (χ0v) is 14.2. The number of rotatable bonds is 5. The van der Waals surface area contributed by atoms with Crippen LogP contribution in [0.2, 0.25) is 0 Å². The van der Waals surface area contributed by atoms with Gasteiger partial charge in [0.2, 0.25) is 5.91 Å². The normalized spacial score (nSPS) is 19.5. The Morgan fingerprint density at radius 1 is 1.12 bits per heavy atom. The lowest BCUT2D eigenvalue weighted by Crippen LogP contribution is -2.23. The molecule has 2 aromatic carbocycles. The summed E-state index contributed by atoms with van der Waals surface area (Å²) in [6.07, 6.45) is -0.0870. The van der Waals surface area contributed by atoms with Gasteiger partial charge in [-0.2, -0.15) is 0 Å². The fourth-order valence-electron chi connectivity index (χ4n) is 3.42. The Morgan fingerprint density at radius 3 is 2.35 bits per heavy atom. The maximum Gasteiger partial charge on any atom is 0.224 e. The predicted octanol–water partition coefficient (Wildman–Crippen LogP) is 3.44. The van der Waals surface area contributed by atoms with Crippen LogP contribution in [0, 0.1) is 30.3 Å². The zero-order valence-electron chi connectivity index (χ0n) is 14.2. The van der Waals surface area contributed by atoms with Gasteiger partial charge in [0.1, 0.15) is 23.2 Å². The summed E-state index contributed by atoms with van der Waals surface area (Å²) >= 11 is 0. The quantitative estimate of drug-likeness (QED) is 0.887. The van der Waals surface area contributed by atoms with Crippen LogP contribution >= 0.6 is 0 Å². The summed E-state index contributed by atoms with van der Waals surface area (Å²) in [6, 6.07) is 7.95. The smallest absolute Gasteiger partial charge is 0.224 e. The van der Waals surface area contributed by atoms with Gasteiger partial charge in [-0.15, -0.1) is 0 Å². The molecule has 6 heteroatoms. The van der Waals surface area contributed by atoms with Crippen molar-refractivity contribution in [3.05, 3.63) is 70.5 Å². The van der Waals surface area contributed by atoms with Gasteiger partial charge in [-0.1, -0.05) is 12.1 Å². The van der Waals surface area contributed by atoms with E-state index in [1.807, 2.05) is 0 Å². The van der Waals surface area contributed by atoms with E-state index in [-0.39, 0.29) is 36.6 Å². The second kappa shape index (κ2) is 7.32. The number of Topliss-reactive ketones (excluding diaryl/α,β-unsaturated/α-hetero) is 1. The van der Waals surface area contributed by atoms with E-state index < -0.39 is 29.3 Å². The number of halogens is 3. The van der Waals surface area contributed by atoms with Crippen LogP contribution in [-0.4, -0.2) is 18.2 Å². The number of carbonyl (C=O) groups is 2. The van der Waals surface area contributed by atoms with Crippen molar-refractivity contribution in [2.24, 2.45) is 5.92 Å². The van der Waals surface area contributed by atoms with Crippen molar-refractivity contribution in [3.8, 4) is 0 Å². The molecule has 1 saturated heterocycles. The van der Waals surface area contributed by atoms with E-state index in [2.05, 4.69) is 5.32 Å². The lowest BCUT2D eigenvalue weighted by atomic mass is 9.83. The van der Waals surface area contributed by atoms with Gasteiger partial charge in [-0.3, -0.25) is 9.59 Å². The number of carbonyl (C=O) groups excluding carboxylic acids is 2. The fraction of sp³-hybridized carbons (Fsp3) is 0.300. The molecule has 1 amide bonds. The number of nitrogens with one attached hydrogen (secondary N) is 1. The minimum atomic E-state index is -0.824. The Labute approximate surface area is 149 Å². The molecular formula is C20H18F3NO2. The summed E-state index contributed by atoms with van der Waals surface area (Å²) in [5.74, 6) is -4.00. The number of hydrogen-bond donors (Lipinski definition) is 1. The summed E-state index contributed by atoms with van der Waals surface area (Å²) in [6.45, 7) is 1.67. The van der Waals surface area contributed by atoms with Gasteiger partial charge in [0, 0.05) is 30.9 Å². The molecule has 1 N–H and O–H groups in total. The number of benzene rings is 2. The first kappa shape index (κ1) is 18.2. The second-order valence-corrected chi connectivity index (χ2v) is 6.65. The molecule has 136 valence electrons. The molecule has 3 rings (SSSR count). The molecule has 0 bridgehead atoms. The Kier molecular flexibility index (Phi) is 5.11. The van der Waals surface area contributed by atoms with Crippen molar-refractivity contribution in [2.45, 2.75) is 25.7 Å². The van der Waals surface area contributed by atoms with Gasteiger partial charge in [0.25, 0.3) is 0 Å². The number of ketones is 1. The standard InChI is InChI=1S/C20H18F3NO2/c1-11-6-17(22)19(18(23)7-11)16-10-24-20(26)15(16)9-14(25)8-12-2-4-13(21)5-3-12/h2-7,15-16H,8-10H2,1H3,(H,24,26)/t15?,16-/m1/s1. The van der Waals surface area contributed by atoms with Gasteiger partial charge < -0.3 is 5.32 Å². The van der Waals surface area contributed by atoms with Crippen molar-refractivity contribution in [3.63, 3.8) is 0 Å². The second-order valence-electron chi connectivity index (χ2n) is 6.65. The van der Waals surface area contributed by atoms with Crippen LogP contribution in [0.25, 0.3) is 0 Å². The average molecular weight is 361 g/mol. The number of amides is 1. The van der Waals surface area contributed by atoms with Crippen LogP contribution in [-0.2, 0) is 16.0 Å². The monoisotopic (exact) mass is 361 g/mol. The largest absolute Gasteiger partial charge is 0.355 e. The molecule has 0 aromatic heterocycles. The van der Waals surface area contributed by atoms with Gasteiger partial charge in [0.05, 0.1) is 5.92 Å². The van der Waals surface area contributed by atoms with E-state index in [0.717, 1.165) is 0 Å². The third-order valence-electron chi connectivity index (χ3n) is 4.67. The summed E-state index contributed by atoms with van der Waals surface area (Å²) in [4.78, 5) is 24.5. The van der Waals surface area contributed by atoms with Crippen LogP contribution < -0.4 is 5.32 Å². The Hall–Kier alpha value is -2.63. The molecule has 26 heavy (non-hydrogen) atoms. The highest BCUT2D eigenvalue weighted by Gasteiger charge is 2.39. The minimum Gasteiger partial charge on any atom is -0.355 e. The highest BCUT2D eigenvalue weighted by atomic mass is 19.1. The molecule has 2 atom stereocenters. The van der Waals surface area contributed by atoms with E-state index in [1.165, 1.54) is 36.4 Å². The molecule has 0 saturated carbocycles. The third kappa shape index (κ3) is 3.79. The molecule has 1 heterocycles. The zero-order chi connectivity index (χ0) is 18.8. The Bertz CT molecular complexity index is 826. The maximum absolute atomic E-state index is 14.3. The van der Waals surface area contributed by atoms with Crippen LogP contribution in [0.1, 0.15) is 29.0 Å². The fourth-order valence-corrected chi connectivity index (χ4v) is 3.42. The maximum atomic E-state index is 14.3. The van der Waals surface area contributed by atoms with Crippen molar-refractivity contribution in [2.75, 3.05) is 6.54 Å². The van der Waals surface area contributed by atoms with Crippen LogP contribution in [0.5, 0.6) is 0 Å². The van der Waals surface area contributed by atoms with E-state index in [1.54, 1.807) is 6.92 Å². The summed E-state index contributed by atoms with van der Waals surface area (Å²) < 4.78 is 41.5. The van der Waals surface area contributed by atoms with Crippen molar-refractivity contribution < 1.29 is 22.8 Å². The summed E-state index contributed by atoms with van der Waals surface area (Å²) in [7, 11) is 0. The van der Waals surface area contributed by atoms with E-state index >= 15 is 0 Å². The van der Waals surface area contributed by atoms with Gasteiger partial charge in [0.15, 0.2) is 0 Å². The molecular weight excluding hydrogens is 343 g/mol. The molecule has 0 radical (unpaired) electrons. The molecule has 1 fully saturated rings. The molecule has 2 aromatic rings. The highest BCUT2D eigenvalue weighted by Crippen LogP contribution is 2.35. The van der Waals surface area contributed by atoms with E-state index in [0.29, 0.717) is 11.1 Å². The first-order chi connectivity index (χ1) is 12.3. The Balaban J connectivity index is 1.78. The van der Waals surface area contributed by atoms with E-state index in [4.69, 9.17) is 0 Å². The van der Waals surface area contributed by atoms with Crippen LogP contribution in [0.3, 0.4) is 0 Å². The lowest BCUT2D eigenvalue weighted by molar-refractivity contribution is -0.127. The van der Waals surface area contributed by atoms with E-state index in [9.17, 15) is 22.8 Å². The first-order valence-electron chi connectivity index (χ1n) is 8.34. The molecule has 1 unspecified atom stereocenters. The van der Waals surface area contributed by atoms with Crippen molar-refractivity contribution >= 4 is 11.7 Å². The van der Waals surface area contributed by atoms with Gasteiger partial charge >= 0.3 is 0 Å². The predicted molar refractivity (Wildman–Crippen MR) is 90.1 cm³/mol. The summed E-state index contributed by atoms with van der Waals surface area (Å²) in [5, 5.41) is 2.59. The lowest BCUT2D eigenvalue weighted by Gasteiger charge is -2.18. The number of hydrogen-bond acceptors (Lipinski definition) is 2. The van der Waals surface area contributed by atoms with Crippen LogP contribution in [0.15, 0.2) is 36.4 Å². The minimum absolute atomic E-state index is 0.0373. The van der Waals surface area contributed by atoms with Crippen molar-refractivity contribution in [1.82, 2.24) is 5.32 Å². The third-order valence-corrected chi connectivity index (χ3v) is 4.67. The first-order valence-corrected chi connectivity index (χ1v) is 8.34. The summed E-state index contributed by atoms with van der Waals surface area (Å²) in [5.41, 5.74) is 0.914. The topological polar surface area (TPSA) is 46.2 Å². The Morgan fingerprint density at radius 2 is 1.73 bits per heavy atom. The van der Waals surface area contributed by atoms with Gasteiger partial charge in [-0.25, -0.2) is 13.2 Å². The molecule has 0 spiro atoms. The molecule has 1 aliphatic heterocycles. The van der Waals surface area contributed by atoms with Gasteiger partial charge in [-0.05, 0) is 42.3 Å². The molecule has 1 aliphatic rings.